The van der Waals surface area contributed by atoms with Crippen molar-refractivity contribution < 1.29 is 0 Å². The number of para-hydroxylation sites is 1. The predicted molar refractivity (Wildman–Crippen MR) is 71.9 cm³/mol. The fraction of sp³-hybridized carbons (Fsp3) is 0.143. The number of nitrogen functional groups attached to an aromatic ring is 1. The van der Waals surface area contributed by atoms with E-state index in [1.165, 1.54) is 0 Å². The molecule has 84 valence electrons. The maximum atomic E-state index is 5.67. The third-order valence-corrected chi connectivity index (χ3v) is 1.95. The van der Waals surface area contributed by atoms with Crippen LogP contribution in [0.5, 0.6) is 0 Å². The first-order chi connectivity index (χ1) is 7.84. The number of nitrogens with one attached hydrogen (secondary N) is 1. The Labute approximate surface area is 97.1 Å². The molecular formula is C14H18N2. The first-order valence-electron chi connectivity index (χ1n) is 5.52. The molecule has 0 heterocycles. The first kappa shape index (κ1) is 12.1. The second-order valence-corrected chi connectivity index (χ2v) is 3.12. The molecule has 0 radical (unpaired) electrons. The average molecular weight is 214 g/mol. The Morgan fingerprint density at radius 2 is 1.44 bits per heavy atom. The van der Waals surface area contributed by atoms with Crippen molar-refractivity contribution in [3.63, 3.8) is 0 Å². The van der Waals surface area contributed by atoms with Gasteiger partial charge in [0.2, 0.25) is 0 Å². The molecule has 0 amide bonds. The monoisotopic (exact) mass is 214 g/mol. The summed E-state index contributed by atoms with van der Waals surface area (Å²) in [5.74, 6) is 0. The van der Waals surface area contributed by atoms with E-state index < -0.39 is 0 Å². The number of hydrogen-bond acceptors (Lipinski definition) is 2. The van der Waals surface area contributed by atoms with E-state index in [0.29, 0.717) is 0 Å². The van der Waals surface area contributed by atoms with Crippen molar-refractivity contribution in [1.29, 1.82) is 0 Å². The molecule has 0 saturated carbocycles. The Hall–Kier alpha value is -1.96. The van der Waals surface area contributed by atoms with Crippen LogP contribution in [0, 0.1) is 0 Å². The van der Waals surface area contributed by atoms with Crippen molar-refractivity contribution in [3.8, 4) is 0 Å². The van der Waals surface area contributed by atoms with Gasteiger partial charge in [0.25, 0.3) is 0 Å². The summed E-state index contributed by atoms with van der Waals surface area (Å²) in [6, 6.07) is 17.7. The van der Waals surface area contributed by atoms with Gasteiger partial charge in [0.1, 0.15) is 0 Å². The van der Waals surface area contributed by atoms with Crippen LogP contribution in [-0.4, -0.2) is 0 Å². The van der Waals surface area contributed by atoms with Crippen molar-refractivity contribution in [2.75, 3.05) is 11.1 Å². The topological polar surface area (TPSA) is 38.0 Å². The molecule has 0 aromatic heterocycles. The van der Waals surface area contributed by atoms with Gasteiger partial charge in [0.05, 0.1) is 0 Å². The lowest BCUT2D eigenvalue weighted by Crippen LogP contribution is -1.91. The molecule has 0 atom stereocenters. The summed E-state index contributed by atoms with van der Waals surface area (Å²) in [6.45, 7) is 4.00. The van der Waals surface area contributed by atoms with Crippen molar-refractivity contribution in [1.82, 2.24) is 0 Å². The van der Waals surface area contributed by atoms with Gasteiger partial charge < -0.3 is 11.1 Å². The highest BCUT2D eigenvalue weighted by atomic mass is 14.9. The van der Waals surface area contributed by atoms with Crippen molar-refractivity contribution in [3.05, 3.63) is 54.6 Å². The minimum absolute atomic E-state index is 0.769. The smallest absolute Gasteiger partial charge is 0.0404 e. The van der Waals surface area contributed by atoms with Crippen LogP contribution in [0.4, 0.5) is 17.1 Å². The third kappa shape index (κ3) is 3.65. The fourth-order valence-corrected chi connectivity index (χ4v) is 1.30. The van der Waals surface area contributed by atoms with E-state index >= 15 is 0 Å². The molecule has 2 heteroatoms. The maximum Gasteiger partial charge on any atom is 0.0404 e. The minimum Gasteiger partial charge on any atom is -0.399 e. The molecular weight excluding hydrogens is 196 g/mol. The van der Waals surface area contributed by atoms with Gasteiger partial charge in [-0.2, -0.15) is 0 Å². The molecule has 0 saturated heterocycles. The highest BCUT2D eigenvalue weighted by Gasteiger charge is 1.92. The third-order valence-electron chi connectivity index (χ3n) is 1.95. The molecule has 16 heavy (non-hydrogen) atoms. The second kappa shape index (κ2) is 6.51. The van der Waals surface area contributed by atoms with Gasteiger partial charge >= 0.3 is 0 Å². The zero-order valence-electron chi connectivity index (χ0n) is 9.77. The minimum atomic E-state index is 0.769. The van der Waals surface area contributed by atoms with Crippen molar-refractivity contribution >= 4 is 17.1 Å². The molecule has 2 aromatic carbocycles. The number of rotatable bonds is 2. The second-order valence-electron chi connectivity index (χ2n) is 3.12. The number of benzene rings is 2. The lowest BCUT2D eigenvalue weighted by atomic mass is 10.2. The quantitative estimate of drug-likeness (QED) is 0.740. The zero-order chi connectivity index (χ0) is 11.8. The van der Waals surface area contributed by atoms with Gasteiger partial charge in [-0.3, -0.25) is 0 Å². The Balaban J connectivity index is 0.000000606. The summed E-state index contributed by atoms with van der Waals surface area (Å²) in [7, 11) is 0. The molecule has 0 fully saturated rings. The molecule has 0 aliphatic carbocycles. The summed E-state index contributed by atoms with van der Waals surface area (Å²) in [4.78, 5) is 0. The van der Waals surface area contributed by atoms with Gasteiger partial charge in [-0.05, 0) is 30.3 Å². The van der Waals surface area contributed by atoms with Gasteiger partial charge in [0, 0.05) is 17.1 Å². The van der Waals surface area contributed by atoms with Gasteiger partial charge in [-0.25, -0.2) is 0 Å². The lowest BCUT2D eigenvalue weighted by Gasteiger charge is -2.06. The average Bonchev–Trinajstić information content (AvgIpc) is 2.33. The Kier molecular flexibility index (Phi) is 4.93. The summed E-state index contributed by atoms with van der Waals surface area (Å²) >= 11 is 0. The van der Waals surface area contributed by atoms with Crippen LogP contribution in [-0.2, 0) is 0 Å². The molecule has 0 aliphatic rings. The van der Waals surface area contributed by atoms with Crippen LogP contribution in [0.15, 0.2) is 54.6 Å². The molecule has 0 unspecified atom stereocenters. The van der Waals surface area contributed by atoms with Crippen LogP contribution in [0.3, 0.4) is 0 Å². The van der Waals surface area contributed by atoms with Crippen LogP contribution in [0.1, 0.15) is 13.8 Å². The SMILES string of the molecule is CC.Nc1cccc(Nc2ccccc2)c1. The summed E-state index contributed by atoms with van der Waals surface area (Å²) in [5.41, 5.74) is 8.52. The number of anilines is 3. The summed E-state index contributed by atoms with van der Waals surface area (Å²) < 4.78 is 0. The number of hydrogen-bond donors (Lipinski definition) is 2. The lowest BCUT2D eigenvalue weighted by molar-refractivity contribution is 1.50. The largest absolute Gasteiger partial charge is 0.399 e. The highest BCUT2D eigenvalue weighted by Crippen LogP contribution is 2.17. The van der Waals surface area contributed by atoms with Crippen LogP contribution in [0.25, 0.3) is 0 Å². The molecule has 2 nitrogen and oxygen atoms in total. The van der Waals surface area contributed by atoms with Crippen molar-refractivity contribution in [2.45, 2.75) is 13.8 Å². The predicted octanol–water partition coefficient (Wildman–Crippen LogP) is 4.04. The van der Waals surface area contributed by atoms with E-state index in [1.807, 2.05) is 68.4 Å². The maximum absolute atomic E-state index is 5.67. The van der Waals surface area contributed by atoms with Gasteiger partial charge in [-0.1, -0.05) is 38.1 Å². The zero-order valence-corrected chi connectivity index (χ0v) is 9.77. The van der Waals surface area contributed by atoms with Gasteiger partial charge in [0.15, 0.2) is 0 Å². The highest BCUT2D eigenvalue weighted by molar-refractivity contribution is 5.63. The van der Waals surface area contributed by atoms with E-state index in [1.54, 1.807) is 0 Å². The van der Waals surface area contributed by atoms with Gasteiger partial charge in [-0.15, -0.1) is 0 Å². The van der Waals surface area contributed by atoms with E-state index in [-0.39, 0.29) is 0 Å². The molecule has 0 aliphatic heterocycles. The van der Waals surface area contributed by atoms with Crippen molar-refractivity contribution in [2.24, 2.45) is 0 Å². The van der Waals surface area contributed by atoms with Crippen LogP contribution < -0.4 is 11.1 Å². The molecule has 2 rings (SSSR count). The molecule has 0 bridgehead atoms. The number of nitrogens with two attached hydrogens (primary N) is 1. The Morgan fingerprint density at radius 1 is 0.812 bits per heavy atom. The van der Waals surface area contributed by atoms with E-state index in [4.69, 9.17) is 5.73 Å². The van der Waals surface area contributed by atoms with E-state index in [2.05, 4.69) is 5.32 Å². The van der Waals surface area contributed by atoms with E-state index in [0.717, 1.165) is 17.1 Å². The van der Waals surface area contributed by atoms with Crippen LogP contribution >= 0.6 is 0 Å². The Bertz CT molecular complexity index is 410. The fourth-order valence-electron chi connectivity index (χ4n) is 1.30. The summed E-state index contributed by atoms with van der Waals surface area (Å²) in [6.07, 6.45) is 0. The van der Waals surface area contributed by atoms with Crippen LogP contribution in [0.2, 0.25) is 0 Å². The summed E-state index contributed by atoms with van der Waals surface area (Å²) in [5, 5.41) is 3.26. The standard InChI is InChI=1S/C12H12N2.C2H6/c13-10-5-4-8-12(9-10)14-11-6-2-1-3-7-11;1-2/h1-9,14H,13H2;1-2H3. The molecule has 3 N–H and O–H groups in total. The Morgan fingerprint density at radius 3 is 2.06 bits per heavy atom. The van der Waals surface area contributed by atoms with E-state index in [9.17, 15) is 0 Å². The molecule has 0 spiro atoms. The normalized spacial score (nSPS) is 8.88. The molecule has 2 aromatic rings. The first-order valence-corrected chi connectivity index (χ1v) is 5.52.